The van der Waals surface area contributed by atoms with E-state index in [4.69, 9.17) is 5.73 Å². The highest BCUT2D eigenvalue weighted by Gasteiger charge is 2.07. The number of nitrogens with two attached hydrogens (primary N) is 1. The first kappa shape index (κ1) is 12.1. The Morgan fingerprint density at radius 2 is 1.82 bits per heavy atom. The van der Waals surface area contributed by atoms with Crippen LogP contribution >= 0.6 is 0 Å². The SMILES string of the molecule is Cc1cc(C)c2cc(CC(C)N)cc(C)c2n1. The van der Waals surface area contributed by atoms with Crippen LogP contribution in [-0.2, 0) is 6.42 Å². The Bertz CT molecular complexity index is 556. The molecule has 1 unspecified atom stereocenters. The Balaban J connectivity index is 2.64. The number of hydrogen-bond acceptors (Lipinski definition) is 2. The summed E-state index contributed by atoms with van der Waals surface area (Å²) in [5.41, 5.74) is 11.9. The van der Waals surface area contributed by atoms with Crippen LogP contribution in [0.1, 0.15) is 29.3 Å². The third-order valence-electron chi connectivity index (χ3n) is 3.06. The van der Waals surface area contributed by atoms with Crippen molar-refractivity contribution in [1.82, 2.24) is 4.98 Å². The predicted octanol–water partition coefficient (Wildman–Crippen LogP) is 3.05. The molecule has 2 aromatic rings. The molecule has 0 saturated heterocycles. The quantitative estimate of drug-likeness (QED) is 0.858. The van der Waals surface area contributed by atoms with E-state index in [0.29, 0.717) is 0 Å². The molecule has 1 aromatic carbocycles. The van der Waals surface area contributed by atoms with Gasteiger partial charge in [0.1, 0.15) is 0 Å². The molecule has 0 aliphatic heterocycles. The lowest BCUT2D eigenvalue weighted by Gasteiger charge is -2.11. The molecular weight excluding hydrogens is 208 g/mol. The van der Waals surface area contributed by atoms with Crippen LogP contribution in [0.25, 0.3) is 10.9 Å². The molecule has 17 heavy (non-hydrogen) atoms. The van der Waals surface area contributed by atoms with Crippen LogP contribution in [0.3, 0.4) is 0 Å². The molecule has 0 amide bonds. The normalized spacial score (nSPS) is 13.0. The van der Waals surface area contributed by atoms with Crippen LogP contribution in [-0.4, -0.2) is 11.0 Å². The molecule has 2 rings (SSSR count). The fourth-order valence-electron chi connectivity index (χ4n) is 2.39. The van der Waals surface area contributed by atoms with Gasteiger partial charge < -0.3 is 5.73 Å². The predicted molar refractivity (Wildman–Crippen MR) is 73.3 cm³/mol. The second-order valence-corrected chi connectivity index (χ2v) is 5.07. The van der Waals surface area contributed by atoms with Gasteiger partial charge in [0.2, 0.25) is 0 Å². The zero-order chi connectivity index (χ0) is 12.6. The molecular formula is C15H20N2. The van der Waals surface area contributed by atoms with Gasteiger partial charge in [-0.25, -0.2) is 0 Å². The van der Waals surface area contributed by atoms with E-state index in [1.54, 1.807) is 0 Å². The average Bonchev–Trinajstić information content (AvgIpc) is 2.19. The average molecular weight is 228 g/mol. The molecule has 2 N–H and O–H groups in total. The van der Waals surface area contributed by atoms with Crippen molar-refractivity contribution in [2.75, 3.05) is 0 Å². The summed E-state index contributed by atoms with van der Waals surface area (Å²) >= 11 is 0. The molecule has 0 saturated carbocycles. The molecule has 0 aliphatic rings. The highest BCUT2D eigenvalue weighted by molar-refractivity contribution is 5.85. The molecule has 0 fully saturated rings. The summed E-state index contributed by atoms with van der Waals surface area (Å²) in [6, 6.07) is 6.77. The molecule has 2 heteroatoms. The Morgan fingerprint density at radius 1 is 1.12 bits per heavy atom. The van der Waals surface area contributed by atoms with E-state index in [0.717, 1.165) is 17.6 Å². The molecule has 0 bridgehead atoms. The van der Waals surface area contributed by atoms with Crippen molar-refractivity contribution in [3.05, 3.63) is 40.6 Å². The largest absolute Gasteiger partial charge is 0.328 e. The van der Waals surface area contributed by atoms with Crippen molar-refractivity contribution < 1.29 is 0 Å². The monoisotopic (exact) mass is 228 g/mol. The van der Waals surface area contributed by atoms with E-state index in [2.05, 4.69) is 37.0 Å². The van der Waals surface area contributed by atoms with E-state index < -0.39 is 0 Å². The van der Waals surface area contributed by atoms with Crippen LogP contribution in [0.5, 0.6) is 0 Å². The fourth-order valence-corrected chi connectivity index (χ4v) is 2.39. The zero-order valence-corrected chi connectivity index (χ0v) is 11.0. The topological polar surface area (TPSA) is 38.9 Å². The Kier molecular flexibility index (Phi) is 3.16. The van der Waals surface area contributed by atoms with Crippen molar-refractivity contribution in [1.29, 1.82) is 0 Å². The van der Waals surface area contributed by atoms with Gasteiger partial charge in [0.05, 0.1) is 5.52 Å². The standard InChI is InChI=1S/C15H20N2/c1-9-5-12(4)17-15-10(2)6-13(7-11(3)16)8-14(9)15/h5-6,8,11H,7,16H2,1-4H3. The van der Waals surface area contributed by atoms with Gasteiger partial charge >= 0.3 is 0 Å². The number of pyridine rings is 1. The lowest BCUT2D eigenvalue weighted by Crippen LogP contribution is -2.17. The first-order chi connectivity index (χ1) is 7.97. The van der Waals surface area contributed by atoms with Gasteiger partial charge in [0, 0.05) is 17.1 Å². The van der Waals surface area contributed by atoms with Crippen LogP contribution < -0.4 is 5.73 Å². The van der Waals surface area contributed by atoms with E-state index in [9.17, 15) is 0 Å². The summed E-state index contributed by atoms with van der Waals surface area (Å²) in [5, 5.41) is 1.26. The minimum atomic E-state index is 0.200. The number of hydrogen-bond donors (Lipinski definition) is 1. The van der Waals surface area contributed by atoms with Gasteiger partial charge in [-0.1, -0.05) is 6.07 Å². The van der Waals surface area contributed by atoms with Crippen molar-refractivity contribution in [3.8, 4) is 0 Å². The second-order valence-electron chi connectivity index (χ2n) is 5.07. The lowest BCUT2D eigenvalue weighted by atomic mass is 9.99. The van der Waals surface area contributed by atoms with Crippen molar-refractivity contribution in [2.45, 2.75) is 40.2 Å². The number of benzene rings is 1. The third-order valence-corrected chi connectivity index (χ3v) is 3.06. The van der Waals surface area contributed by atoms with E-state index in [1.165, 1.54) is 22.1 Å². The molecule has 0 aliphatic carbocycles. The molecule has 90 valence electrons. The first-order valence-corrected chi connectivity index (χ1v) is 6.10. The minimum absolute atomic E-state index is 0.200. The third kappa shape index (κ3) is 2.47. The van der Waals surface area contributed by atoms with E-state index in [-0.39, 0.29) is 6.04 Å². The summed E-state index contributed by atoms with van der Waals surface area (Å²) in [7, 11) is 0. The van der Waals surface area contributed by atoms with Crippen LogP contribution in [0.15, 0.2) is 18.2 Å². The van der Waals surface area contributed by atoms with Gasteiger partial charge in [0.15, 0.2) is 0 Å². The molecule has 2 nitrogen and oxygen atoms in total. The molecule has 1 atom stereocenters. The van der Waals surface area contributed by atoms with Gasteiger partial charge in [0.25, 0.3) is 0 Å². The fraction of sp³-hybridized carbons (Fsp3) is 0.400. The van der Waals surface area contributed by atoms with Gasteiger partial charge in [-0.3, -0.25) is 4.98 Å². The second kappa shape index (κ2) is 4.46. The van der Waals surface area contributed by atoms with E-state index in [1.807, 2.05) is 13.8 Å². The number of nitrogens with zero attached hydrogens (tertiary/aromatic N) is 1. The van der Waals surface area contributed by atoms with Crippen molar-refractivity contribution >= 4 is 10.9 Å². The summed E-state index contributed by atoms with van der Waals surface area (Å²) in [4.78, 5) is 4.63. The molecule has 1 aromatic heterocycles. The van der Waals surface area contributed by atoms with Gasteiger partial charge in [-0.2, -0.15) is 0 Å². The summed E-state index contributed by atoms with van der Waals surface area (Å²) < 4.78 is 0. The Hall–Kier alpha value is -1.41. The lowest BCUT2D eigenvalue weighted by molar-refractivity contribution is 0.738. The number of aryl methyl sites for hydroxylation is 3. The molecule has 0 radical (unpaired) electrons. The number of rotatable bonds is 2. The Labute approximate surface area is 103 Å². The smallest absolute Gasteiger partial charge is 0.0737 e. The molecule has 0 spiro atoms. The van der Waals surface area contributed by atoms with Crippen LogP contribution in [0, 0.1) is 20.8 Å². The maximum Gasteiger partial charge on any atom is 0.0737 e. The first-order valence-electron chi connectivity index (χ1n) is 6.10. The highest BCUT2D eigenvalue weighted by atomic mass is 14.7. The van der Waals surface area contributed by atoms with E-state index >= 15 is 0 Å². The van der Waals surface area contributed by atoms with Gasteiger partial charge in [-0.15, -0.1) is 0 Å². The number of aromatic nitrogens is 1. The summed E-state index contributed by atoms with van der Waals surface area (Å²) in [6.45, 7) is 8.35. The van der Waals surface area contributed by atoms with Crippen molar-refractivity contribution in [3.63, 3.8) is 0 Å². The zero-order valence-electron chi connectivity index (χ0n) is 11.0. The minimum Gasteiger partial charge on any atom is -0.328 e. The highest BCUT2D eigenvalue weighted by Crippen LogP contribution is 2.23. The van der Waals surface area contributed by atoms with Crippen LogP contribution in [0.4, 0.5) is 0 Å². The summed E-state index contributed by atoms with van der Waals surface area (Å²) in [6.07, 6.45) is 0.921. The van der Waals surface area contributed by atoms with Gasteiger partial charge in [-0.05, 0) is 62.9 Å². The maximum absolute atomic E-state index is 5.87. The Morgan fingerprint density at radius 3 is 2.47 bits per heavy atom. The maximum atomic E-state index is 5.87. The summed E-state index contributed by atoms with van der Waals surface area (Å²) in [5.74, 6) is 0. The van der Waals surface area contributed by atoms with Crippen LogP contribution in [0.2, 0.25) is 0 Å². The number of fused-ring (bicyclic) bond motifs is 1. The molecule has 1 heterocycles. The van der Waals surface area contributed by atoms with Crippen molar-refractivity contribution in [2.24, 2.45) is 5.73 Å².